The quantitative estimate of drug-likeness (QED) is 0.0323. The van der Waals surface area contributed by atoms with Crippen molar-refractivity contribution in [2.75, 3.05) is 26.4 Å². The fraction of sp³-hybridized carbons (Fsp3) is 0.854. The maximum absolute atomic E-state index is 13.2. The van der Waals surface area contributed by atoms with Crippen LogP contribution >= 0.6 is 0 Å². The van der Waals surface area contributed by atoms with Gasteiger partial charge in [0.1, 0.15) is 73.2 Å². The Morgan fingerprint density at radius 2 is 1.03 bits per heavy atom. The van der Waals surface area contributed by atoms with Crippen molar-refractivity contribution in [3.8, 4) is 0 Å². The van der Waals surface area contributed by atoms with Crippen LogP contribution in [0, 0.1) is 0 Å². The van der Waals surface area contributed by atoms with E-state index in [-0.39, 0.29) is 18.9 Å². The SMILES string of the molecule is CC/C=C\C/C=C\C/C=C\CCCCCC(=O)NC(COC1OC(CO)C(OC2OC(CO)C(OC3OC(CO)C(O)C(O)C3O)C(O)C2O)C(O)C1O)C(O)CCCCCCCCCCC. The summed E-state index contributed by atoms with van der Waals surface area (Å²) in [4.78, 5) is 13.2. The van der Waals surface area contributed by atoms with Gasteiger partial charge in [-0.2, -0.15) is 0 Å². The van der Waals surface area contributed by atoms with E-state index < -0.39 is 124 Å². The summed E-state index contributed by atoms with van der Waals surface area (Å²) in [5.41, 5.74) is 0. The Kier molecular flexibility index (Phi) is 29.7. The molecule has 0 aromatic rings. The van der Waals surface area contributed by atoms with Crippen molar-refractivity contribution in [3.05, 3.63) is 36.5 Å². The molecule has 17 atom stereocenters. The fourth-order valence-electron chi connectivity index (χ4n) is 8.32. The number of amides is 1. The van der Waals surface area contributed by atoms with Gasteiger partial charge in [-0.1, -0.05) is 115 Å². The maximum atomic E-state index is 13.2. The average molecular weight is 964 g/mol. The zero-order chi connectivity index (χ0) is 49.1. The van der Waals surface area contributed by atoms with Crippen molar-refractivity contribution in [2.24, 2.45) is 0 Å². The van der Waals surface area contributed by atoms with Crippen LogP contribution in [0.5, 0.6) is 0 Å². The molecule has 0 aromatic carbocycles. The number of unbranched alkanes of at least 4 members (excludes halogenated alkanes) is 11. The summed E-state index contributed by atoms with van der Waals surface area (Å²) < 4.78 is 34.1. The number of aliphatic hydroxyl groups is 11. The van der Waals surface area contributed by atoms with Gasteiger partial charge in [-0.25, -0.2) is 0 Å². The van der Waals surface area contributed by atoms with Gasteiger partial charge in [-0.3, -0.25) is 4.79 Å². The number of aliphatic hydroxyl groups excluding tert-OH is 11. The first-order valence-electron chi connectivity index (χ1n) is 24.7. The summed E-state index contributed by atoms with van der Waals surface area (Å²) in [6.07, 6.45) is 2.80. The molecule has 3 fully saturated rings. The van der Waals surface area contributed by atoms with Gasteiger partial charge in [0, 0.05) is 6.42 Å². The highest BCUT2D eigenvalue weighted by atomic mass is 16.8. The summed E-state index contributed by atoms with van der Waals surface area (Å²) in [5.74, 6) is -0.278. The van der Waals surface area contributed by atoms with Crippen LogP contribution in [0.3, 0.4) is 0 Å². The molecule has 3 rings (SSSR count). The summed E-state index contributed by atoms with van der Waals surface area (Å²) in [5, 5.41) is 119. The van der Waals surface area contributed by atoms with Gasteiger partial charge in [0.15, 0.2) is 18.9 Å². The molecule has 0 spiro atoms. The van der Waals surface area contributed by atoms with Crippen LogP contribution in [0.15, 0.2) is 36.5 Å². The second-order valence-electron chi connectivity index (χ2n) is 17.9. The lowest BCUT2D eigenvalue weighted by atomic mass is 9.96. The van der Waals surface area contributed by atoms with Crippen molar-refractivity contribution in [2.45, 2.75) is 234 Å². The van der Waals surface area contributed by atoms with E-state index in [1.807, 2.05) is 0 Å². The number of ether oxygens (including phenoxy) is 6. The maximum Gasteiger partial charge on any atom is 0.220 e. The van der Waals surface area contributed by atoms with Crippen molar-refractivity contribution in [1.82, 2.24) is 5.32 Å². The van der Waals surface area contributed by atoms with Gasteiger partial charge < -0.3 is 89.9 Å². The van der Waals surface area contributed by atoms with E-state index in [4.69, 9.17) is 28.4 Å². The number of hydrogen-bond donors (Lipinski definition) is 12. The third-order valence-electron chi connectivity index (χ3n) is 12.5. The fourth-order valence-corrected chi connectivity index (χ4v) is 8.32. The summed E-state index contributed by atoms with van der Waals surface area (Å²) in [6.45, 7) is 1.56. The number of allylic oxidation sites excluding steroid dienone is 6. The molecule has 0 bridgehead atoms. The molecule has 0 saturated carbocycles. The molecular formula is C48H85NO18. The lowest BCUT2D eigenvalue weighted by Crippen LogP contribution is -2.66. The first-order valence-corrected chi connectivity index (χ1v) is 24.7. The van der Waals surface area contributed by atoms with E-state index in [1.165, 1.54) is 32.1 Å². The van der Waals surface area contributed by atoms with E-state index in [0.29, 0.717) is 12.8 Å². The van der Waals surface area contributed by atoms with Crippen LogP contribution in [0.25, 0.3) is 0 Å². The van der Waals surface area contributed by atoms with Crippen molar-refractivity contribution in [1.29, 1.82) is 0 Å². The highest BCUT2D eigenvalue weighted by molar-refractivity contribution is 5.76. The van der Waals surface area contributed by atoms with Gasteiger partial charge in [0.25, 0.3) is 0 Å². The Bertz CT molecular complexity index is 1390. The smallest absolute Gasteiger partial charge is 0.220 e. The minimum absolute atomic E-state index is 0.230. The standard InChI is InChI=1S/C48H85NO18/c1-3-5-7-9-11-13-14-15-16-18-20-22-24-26-36(54)49-31(32(53)25-23-21-19-17-12-10-8-6-4-2)30-62-46-42(60)39(57)44(34(28-51)64-46)67-48-43(61)40(58)45(35(29-52)65-48)66-47-41(59)38(56)37(55)33(27-50)63-47/h5,7,11,13,15-16,31-35,37-48,50-53,55-61H,3-4,6,8-10,12,14,17-30H2,1-2H3,(H,49,54)/b7-5-,13-11-,16-15-. The predicted molar refractivity (Wildman–Crippen MR) is 245 cm³/mol. The van der Waals surface area contributed by atoms with Crippen molar-refractivity contribution < 1.29 is 89.4 Å². The largest absolute Gasteiger partial charge is 0.394 e. The van der Waals surface area contributed by atoms with Crippen molar-refractivity contribution in [3.63, 3.8) is 0 Å². The van der Waals surface area contributed by atoms with Crippen LogP contribution in [0.4, 0.5) is 0 Å². The number of hydrogen-bond acceptors (Lipinski definition) is 18. The molecule has 19 nitrogen and oxygen atoms in total. The second kappa shape index (κ2) is 33.6. The number of carbonyl (C=O) groups is 1. The molecule has 12 N–H and O–H groups in total. The molecule has 17 unspecified atom stereocenters. The third-order valence-corrected chi connectivity index (χ3v) is 12.5. The molecule has 0 radical (unpaired) electrons. The lowest BCUT2D eigenvalue weighted by Gasteiger charge is -2.48. The van der Waals surface area contributed by atoms with Crippen LogP contribution in [-0.4, -0.2) is 193 Å². The number of rotatable bonds is 33. The number of nitrogens with one attached hydrogen (secondary N) is 1. The molecule has 3 saturated heterocycles. The van der Waals surface area contributed by atoms with Crippen LogP contribution in [0.1, 0.15) is 129 Å². The lowest BCUT2D eigenvalue weighted by molar-refractivity contribution is -0.379. The Balaban J connectivity index is 1.57. The van der Waals surface area contributed by atoms with Gasteiger partial charge in [0.2, 0.25) is 5.91 Å². The van der Waals surface area contributed by atoms with Gasteiger partial charge in [0.05, 0.1) is 38.6 Å². The van der Waals surface area contributed by atoms with Crippen LogP contribution < -0.4 is 5.32 Å². The van der Waals surface area contributed by atoms with Gasteiger partial charge >= 0.3 is 0 Å². The zero-order valence-electron chi connectivity index (χ0n) is 39.6. The van der Waals surface area contributed by atoms with Crippen LogP contribution in [0.2, 0.25) is 0 Å². The molecular weight excluding hydrogens is 879 g/mol. The Labute approximate surface area is 396 Å². The Morgan fingerprint density at radius 1 is 0.552 bits per heavy atom. The minimum Gasteiger partial charge on any atom is -0.394 e. The average Bonchev–Trinajstić information content (AvgIpc) is 3.32. The summed E-state index contributed by atoms with van der Waals surface area (Å²) in [7, 11) is 0. The first-order chi connectivity index (χ1) is 32.3. The predicted octanol–water partition coefficient (Wildman–Crippen LogP) is 1.03. The van der Waals surface area contributed by atoms with Crippen molar-refractivity contribution >= 4 is 5.91 Å². The normalized spacial score (nSPS) is 33.8. The van der Waals surface area contributed by atoms with Crippen LogP contribution in [-0.2, 0) is 33.2 Å². The molecule has 19 heteroatoms. The molecule has 67 heavy (non-hydrogen) atoms. The third kappa shape index (κ3) is 20.0. The summed E-state index contributed by atoms with van der Waals surface area (Å²) >= 11 is 0. The second-order valence-corrected chi connectivity index (χ2v) is 17.9. The Morgan fingerprint density at radius 3 is 1.60 bits per heavy atom. The highest BCUT2D eigenvalue weighted by Crippen LogP contribution is 2.33. The molecule has 3 aliphatic heterocycles. The molecule has 0 aliphatic carbocycles. The van der Waals surface area contributed by atoms with Gasteiger partial charge in [-0.15, -0.1) is 0 Å². The molecule has 390 valence electrons. The van der Waals surface area contributed by atoms with E-state index >= 15 is 0 Å². The molecule has 0 aromatic heterocycles. The summed E-state index contributed by atoms with van der Waals surface area (Å²) in [6, 6.07) is -0.898. The van der Waals surface area contributed by atoms with E-state index in [2.05, 4.69) is 55.6 Å². The van der Waals surface area contributed by atoms with E-state index in [0.717, 1.165) is 64.2 Å². The van der Waals surface area contributed by atoms with E-state index in [9.17, 15) is 61.0 Å². The molecule has 1 amide bonds. The molecule has 3 heterocycles. The zero-order valence-corrected chi connectivity index (χ0v) is 39.6. The first kappa shape index (κ1) is 59.3. The molecule has 3 aliphatic rings. The Hall–Kier alpha value is -1.99. The minimum atomic E-state index is -1.97. The topological polar surface area (TPSA) is 307 Å². The monoisotopic (exact) mass is 964 g/mol. The highest BCUT2D eigenvalue weighted by Gasteiger charge is 2.53. The number of carbonyl (C=O) groups excluding carboxylic acids is 1. The van der Waals surface area contributed by atoms with Gasteiger partial charge in [-0.05, 0) is 44.9 Å². The van der Waals surface area contributed by atoms with E-state index in [1.54, 1.807) is 0 Å².